The van der Waals surface area contributed by atoms with Crippen LogP contribution in [0.3, 0.4) is 0 Å². The zero-order chi connectivity index (χ0) is 16.1. The second kappa shape index (κ2) is 7.26. The molecule has 0 saturated carbocycles. The molecule has 1 fully saturated rings. The molecule has 0 amide bonds. The smallest absolute Gasteiger partial charge is 0.213 e. The molecule has 0 bridgehead atoms. The third kappa shape index (κ3) is 4.09. The Morgan fingerprint density at radius 2 is 2.17 bits per heavy atom. The lowest BCUT2D eigenvalue weighted by atomic mass is 9.99. The van der Waals surface area contributed by atoms with Crippen molar-refractivity contribution in [3.63, 3.8) is 0 Å². The molecule has 0 N–H and O–H groups in total. The molecule has 0 radical (unpaired) electrons. The van der Waals surface area contributed by atoms with E-state index in [1.54, 1.807) is 12.5 Å². The Morgan fingerprint density at radius 1 is 1.26 bits per heavy atom. The standard InChI is InChI=1S/C17H23N5O/c1-21(2)15-10-16(20-13-19-15)22-9-5-6-14(11-22)12-23-17-7-3-4-8-18-17/h3-4,7-8,10,13-14H,5-6,9,11-12H2,1-2H3. The van der Waals surface area contributed by atoms with Crippen molar-refractivity contribution in [3.8, 4) is 5.88 Å². The fourth-order valence-electron chi connectivity index (χ4n) is 2.80. The molecule has 23 heavy (non-hydrogen) atoms. The maximum absolute atomic E-state index is 5.81. The predicted octanol–water partition coefficient (Wildman–Crippen LogP) is 2.23. The lowest BCUT2D eigenvalue weighted by Crippen LogP contribution is -2.38. The number of piperidine rings is 1. The average molecular weight is 313 g/mol. The first-order valence-corrected chi connectivity index (χ1v) is 8.00. The van der Waals surface area contributed by atoms with Crippen molar-refractivity contribution in [3.05, 3.63) is 36.8 Å². The number of nitrogens with zero attached hydrogens (tertiary/aromatic N) is 5. The molecule has 0 aliphatic carbocycles. The molecule has 6 nitrogen and oxygen atoms in total. The van der Waals surface area contributed by atoms with E-state index in [9.17, 15) is 0 Å². The molecular formula is C17H23N5O. The van der Waals surface area contributed by atoms with E-state index in [1.165, 1.54) is 6.42 Å². The topological polar surface area (TPSA) is 54.4 Å². The summed E-state index contributed by atoms with van der Waals surface area (Å²) in [6.07, 6.45) is 5.72. The summed E-state index contributed by atoms with van der Waals surface area (Å²) >= 11 is 0. The molecule has 3 rings (SSSR count). The van der Waals surface area contributed by atoms with Gasteiger partial charge in [-0.05, 0) is 18.9 Å². The molecule has 0 spiro atoms. The first-order valence-electron chi connectivity index (χ1n) is 8.00. The summed E-state index contributed by atoms with van der Waals surface area (Å²) in [4.78, 5) is 17.2. The molecule has 1 atom stereocenters. The van der Waals surface area contributed by atoms with E-state index in [1.807, 2.05) is 43.3 Å². The largest absolute Gasteiger partial charge is 0.477 e. The molecule has 1 aliphatic rings. The van der Waals surface area contributed by atoms with Crippen LogP contribution in [0.1, 0.15) is 12.8 Å². The minimum Gasteiger partial charge on any atom is -0.477 e. The highest BCUT2D eigenvalue weighted by atomic mass is 16.5. The van der Waals surface area contributed by atoms with Gasteiger partial charge in [0.15, 0.2) is 0 Å². The zero-order valence-electron chi connectivity index (χ0n) is 13.7. The highest BCUT2D eigenvalue weighted by Crippen LogP contribution is 2.23. The van der Waals surface area contributed by atoms with Crippen LogP contribution in [0, 0.1) is 5.92 Å². The van der Waals surface area contributed by atoms with E-state index in [4.69, 9.17) is 4.74 Å². The van der Waals surface area contributed by atoms with Gasteiger partial charge in [-0.2, -0.15) is 0 Å². The van der Waals surface area contributed by atoms with E-state index < -0.39 is 0 Å². The molecule has 1 saturated heterocycles. The summed E-state index contributed by atoms with van der Waals surface area (Å²) in [6, 6.07) is 7.78. The quantitative estimate of drug-likeness (QED) is 0.844. The number of aromatic nitrogens is 3. The first kappa shape index (κ1) is 15.5. The summed E-state index contributed by atoms with van der Waals surface area (Å²) in [5.74, 6) is 3.11. The van der Waals surface area contributed by atoms with Gasteiger partial charge < -0.3 is 14.5 Å². The lowest BCUT2D eigenvalue weighted by Gasteiger charge is -2.33. The number of hydrogen-bond donors (Lipinski definition) is 0. The van der Waals surface area contributed by atoms with Gasteiger partial charge in [-0.25, -0.2) is 15.0 Å². The van der Waals surface area contributed by atoms with Crippen molar-refractivity contribution in [1.29, 1.82) is 0 Å². The van der Waals surface area contributed by atoms with Gasteiger partial charge in [-0.3, -0.25) is 0 Å². The SMILES string of the molecule is CN(C)c1cc(N2CCCC(COc3ccccn3)C2)ncn1. The number of anilines is 2. The molecule has 1 aliphatic heterocycles. The number of hydrogen-bond acceptors (Lipinski definition) is 6. The van der Waals surface area contributed by atoms with Gasteiger partial charge in [0.05, 0.1) is 6.61 Å². The molecule has 6 heteroatoms. The third-order valence-corrected chi connectivity index (χ3v) is 4.04. The normalized spacial score (nSPS) is 17.8. The summed E-state index contributed by atoms with van der Waals surface area (Å²) < 4.78 is 5.81. The van der Waals surface area contributed by atoms with E-state index in [0.29, 0.717) is 18.4 Å². The first-order chi connectivity index (χ1) is 11.2. The van der Waals surface area contributed by atoms with Crippen LogP contribution in [0.15, 0.2) is 36.8 Å². The Bertz CT molecular complexity index is 619. The van der Waals surface area contributed by atoms with Crippen molar-refractivity contribution in [2.24, 2.45) is 5.92 Å². The van der Waals surface area contributed by atoms with E-state index in [-0.39, 0.29) is 0 Å². The van der Waals surface area contributed by atoms with Gasteiger partial charge in [-0.15, -0.1) is 0 Å². The van der Waals surface area contributed by atoms with Crippen LogP contribution in [0.4, 0.5) is 11.6 Å². The Labute approximate surface area is 137 Å². The lowest BCUT2D eigenvalue weighted by molar-refractivity contribution is 0.221. The second-order valence-electron chi connectivity index (χ2n) is 6.06. The summed E-state index contributed by atoms with van der Waals surface area (Å²) in [5, 5.41) is 0. The van der Waals surface area contributed by atoms with Gasteiger partial charge in [-0.1, -0.05) is 6.07 Å². The molecule has 2 aromatic rings. The van der Waals surface area contributed by atoms with Gasteiger partial charge in [0.2, 0.25) is 5.88 Å². The van der Waals surface area contributed by atoms with Gasteiger partial charge in [0.1, 0.15) is 18.0 Å². The molecular weight excluding hydrogens is 290 g/mol. The van der Waals surface area contributed by atoms with Crippen LogP contribution in [-0.4, -0.2) is 48.7 Å². The van der Waals surface area contributed by atoms with Crippen molar-refractivity contribution in [2.75, 3.05) is 43.6 Å². The molecule has 0 aromatic carbocycles. The highest BCUT2D eigenvalue weighted by Gasteiger charge is 2.22. The Morgan fingerprint density at radius 3 is 2.96 bits per heavy atom. The molecule has 122 valence electrons. The Hall–Kier alpha value is -2.37. The minimum atomic E-state index is 0.489. The van der Waals surface area contributed by atoms with E-state index in [2.05, 4.69) is 19.9 Å². The average Bonchev–Trinajstić information content (AvgIpc) is 2.61. The Kier molecular flexibility index (Phi) is 4.90. The number of ether oxygens (including phenoxy) is 1. The maximum atomic E-state index is 5.81. The van der Waals surface area contributed by atoms with Gasteiger partial charge in [0.25, 0.3) is 0 Å². The molecule has 1 unspecified atom stereocenters. The van der Waals surface area contributed by atoms with E-state index in [0.717, 1.165) is 31.1 Å². The molecule has 3 heterocycles. The van der Waals surface area contributed by atoms with Crippen LogP contribution in [-0.2, 0) is 0 Å². The van der Waals surface area contributed by atoms with Crippen molar-refractivity contribution in [1.82, 2.24) is 15.0 Å². The van der Waals surface area contributed by atoms with Crippen LogP contribution in [0.5, 0.6) is 5.88 Å². The molecule has 2 aromatic heterocycles. The Balaban J connectivity index is 1.60. The highest BCUT2D eigenvalue weighted by molar-refractivity contribution is 5.49. The summed E-state index contributed by atoms with van der Waals surface area (Å²) in [7, 11) is 3.98. The fourth-order valence-corrected chi connectivity index (χ4v) is 2.80. The maximum Gasteiger partial charge on any atom is 0.213 e. The van der Waals surface area contributed by atoms with E-state index >= 15 is 0 Å². The minimum absolute atomic E-state index is 0.489. The van der Waals surface area contributed by atoms with Gasteiger partial charge >= 0.3 is 0 Å². The van der Waals surface area contributed by atoms with Crippen molar-refractivity contribution < 1.29 is 4.74 Å². The number of pyridine rings is 1. The summed E-state index contributed by atoms with van der Waals surface area (Å²) in [6.45, 7) is 2.68. The number of rotatable bonds is 5. The van der Waals surface area contributed by atoms with Crippen molar-refractivity contribution in [2.45, 2.75) is 12.8 Å². The second-order valence-corrected chi connectivity index (χ2v) is 6.06. The van der Waals surface area contributed by atoms with Crippen LogP contribution in [0.25, 0.3) is 0 Å². The zero-order valence-corrected chi connectivity index (χ0v) is 13.7. The van der Waals surface area contributed by atoms with Crippen LogP contribution >= 0.6 is 0 Å². The predicted molar refractivity (Wildman–Crippen MR) is 91.0 cm³/mol. The monoisotopic (exact) mass is 313 g/mol. The van der Waals surface area contributed by atoms with Gasteiger partial charge in [0, 0.05) is 51.4 Å². The summed E-state index contributed by atoms with van der Waals surface area (Å²) in [5.41, 5.74) is 0. The van der Waals surface area contributed by atoms with Crippen LogP contribution < -0.4 is 14.5 Å². The van der Waals surface area contributed by atoms with Crippen LogP contribution in [0.2, 0.25) is 0 Å². The fraction of sp³-hybridized carbons (Fsp3) is 0.471. The van der Waals surface area contributed by atoms with Crippen molar-refractivity contribution >= 4 is 11.6 Å². The third-order valence-electron chi connectivity index (χ3n) is 4.04.